The Bertz CT molecular complexity index is 638. The maximum absolute atomic E-state index is 12.3. The summed E-state index contributed by atoms with van der Waals surface area (Å²) < 4.78 is 0. The van der Waals surface area contributed by atoms with E-state index >= 15 is 0 Å². The molecule has 0 spiro atoms. The van der Waals surface area contributed by atoms with Crippen LogP contribution in [0.4, 0.5) is 0 Å². The van der Waals surface area contributed by atoms with Crippen LogP contribution in [0, 0.1) is 34.5 Å². The zero-order valence-corrected chi connectivity index (χ0v) is 15.3. The number of rotatable bonds is 2. The van der Waals surface area contributed by atoms with Crippen LogP contribution in [0.2, 0.25) is 0 Å². The number of fused-ring (bicyclic) bond motifs is 5. The largest absolute Gasteiger partial charge is 0.389 e. The van der Waals surface area contributed by atoms with Gasteiger partial charge in [-0.1, -0.05) is 13.8 Å². The SMILES string of the molecule is CC12CCC(=O)C=C1C(O)CC1C2CCC2(C)C(C(=O)CO)CCC12. The summed E-state index contributed by atoms with van der Waals surface area (Å²) in [5, 5.41) is 20.2. The van der Waals surface area contributed by atoms with Crippen molar-refractivity contribution in [3.63, 3.8) is 0 Å². The molecule has 0 saturated heterocycles. The predicted octanol–water partition coefficient (Wildman–Crippen LogP) is 2.67. The lowest BCUT2D eigenvalue weighted by Crippen LogP contribution is -2.54. The van der Waals surface area contributed by atoms with Crippen LogP contribution >= 0.6 is 0 Å². The number of Topliss-reactive ketones (excluding diaryl/α,β-unsaturated/α-hetero) is 1. The molecule has 4 heteroatoms. The van der Waals surface area contributed by atoms with Crippen molar-refractivity contribution < 1.29 is 19.8 Å². The fourth-order valence-electron chi connectivity index (χ4n) is 7.25. The standard InChI is InChI=1S/C21H30O4/c1-20-8-6-15-13(14(20)3-4-16(20)19(25)11-22)10-18(24)17-9-12(23)5-7-21(15,17)2/h9,13-16,18,22,24H,3-8,10-11H2,1-2H3. The molecule has 4 rings (SSSR count). The Hall–Kier alpha value is -1.00. The molecule has 25 heavy (non-hydrogen) atoms. The zero-order chi connectivity index (χ0) is 18.0. The third kappa shape index (κ3) is 2.33. The summed E-state index contributed by atoms with van der Waals surface area (Å²) in [7, 11) is 0. The molecule has 138 valence electrons. The van der Waals surface area contributed by atoms with Gasteiger partial charge in [-0.3, -0.25) is 9.59 Å². The van der Waals surface area contributed by atoms with Crippen LogP contribution in [0.5, 0.6) is 0 Å². The van der Waals surface area contributed by atoms with E-state index in [-0.39, 0.29) is 34.9 Å². The lowest BCUT2D eigenvalue weighted by molar-refractivity contribution is -0.134. The molecule has 4 nitrogen and oxygen atoms in total. The molecule has 7 unspecified atom stereocenters. The van der Waals surface area contributed by atoms with Gasteiger partial charge in [0.05, 0.1) is 6.10 Å². The fraction of sp³-hybridized carbons (Fsp3) is 0.810. The number of carbonyl (C=O) groups is 2. The molecular weight excluding hydrogens is 316 g/mol. The summed E-state index contributed by atoms with van der Waals surface area (Å²) in [5.41, 5.74) is 0.856. The van der Waals surface area contributed by atoms with Gasteiger partial charge in [0.2, 0.25) is 0 Å². The molecule has 7 atom stereocenters. The van der Waals surface area contributed by atoms with Crippen LogP contribution in [0.3, 0.4) is 0 Å². The van der Waals surface area contributed by atoms with Crippen LogP contribution in [0.25, 0.3) is 0 Å². The number of aliphatic hydroxyl groups excluding tert-OH is 2. The van der Waals surface area contributed by atoms with E-state index in [0.29, 0.717) is 24.2 Å². The Morgan fingerprint density at radius 2 is 1.96 bits per heavy atom. The summed E-state index contributed by atoms with van der Waals surface area (Å²) in [4.78, 5) is 24.2. The van der Waals surface area contributed by atoms with Crippen molar-refractivity contribution in [2.45, 2.75) is 64.9 Å². The van der Waals surface area contributed by atoms with Gasteiger partial charge in [0.1, 0.15) is 6.61 Å². The van der Waals surface area contributed by atoms with E-state index in [9.17, 15) is 19.8 Å². The van der Waals surface area contributed by atoms with Crippen LogP contribution in [0.15, 0.2) is 11.6 Å². The van der Waals surface area contributed by atoms with Gasteiger partial charge in [-0.25, -0.2) is 0 Å². The molecule has 0 aromatic rings. The van der Waals surface area contributed by atoms with Gasteiger partial charge < -0.3 is 10.2 Å². The first kappa shape index (κ1) is 17.4. The molecule has 4 aliphatic carbocycles. The molecule has 0 aromatic heterocycles. The second-order valence-corrected chi connectivity index (χ2v) is 9.41. The quantitative estimate of drug-likeness (QED) is 0.806. The molecule has 0 aliphatic heterocycles. The van der Waals surface area contributed by atoms with E-state index in [0.717, 1.165) is 44.1 Å². The Balaban J connectivity index is 1.68. The topological polar surface area (TPSA) is 74.6 Å². The molecule has 0 amide bonds. The average Bonchev–Trinajstić information content (AvgIpc) is 2.93. The molecule has 3 fully saturated rings. The molecule has 2 N–H and O–H groups in total. The Kier molecular flexibility index (Phi) is 4.01. The Morgan fingerprint density at radius 3 is 2.68 bits per heavy atom. The lowest BCUT2D eigenvalue weighted by atomic mass is 9.46. The highest BCUT2D eigenvalue weighted by atomic mass is 16.3. The second kappa shape index (κ2) is 5.75. The van der Waals surface area contributed by atoms with Gasteiger partial charge >= 0.3 is 0 Å². The Labute approximate surface area is 149 Å². The number of carbonyl (C=O) groups excluding carboxylic acids is 2. The second-order valence-electron chi connectivity index (χ2n) is 9.41. The van der Waals surface area contributed by atoms with Crippen LogP contribution in [0.1, 0.15) is 58.8 Å². The van der Waals surface area contributed by atoms with Crippen molar-refractivity contribution in [3.8, 4) is 0 Å². The predicted molar refractivity (Wildman–Crippen MR) is 93.7 cm³/mol. The number of ketones is 2. The van der Waals surface area contributed by atoms with E-state index in [1.807, 2.05) is 0 Å². The van der Waals surface area contributed by atoms with Gasteiger partial charge in [-0.15, -0.1) is 0 Å². The summed E-state index contributed by atoms with van der Waals surface area (Å²) in [6.07, 6.45) is 7.33. The highest BCUT2D eigenvalue weighted by Crippen LogP contribution is 2.66. The number of hydrogen-bond acceptors (Lipinski definition) is 4. The minimum Gasteiger partial charge on any atom is -0.389 e. The molecular formula is C21H30O4. The maximum Gasteiger partial charge on any atom is 0.161 e. The van der Waals surface area contributed by atoms with Gasteiger partial charge in [0.15, 0.2) is 11.6 Å². The third-order valence-corrected chi connectivity index (χ3v) is 8.52. The minimum absolute atomic E-state index is 0.00475. The van der Waals surface area contributed by atoms with Crippen molar-refractivity contribution in [2.75, 3.05) is 6.61 Å². The molecule has 0 bridgehead atoms. The fourth-order valence-corrected chi connectivity index (χ4v) is 7.25. The summed E-state index contributed by atoms with van der Waals surface area (Å²) >= 11 is 0. The first-order valence-electron chi connectivity index (χ1n) is 9.88. The molecule has 4 aliphatic rings. The summed E-state index contributed by atoms with van der Waals surface area (Å²) in [6, 6.07) is 0. The Morgan fingerprint density at radius 1 is 1.20 bits per heavy atom. The highest BCUT2D eigenvalue weighted by Gasteiger charge is 2.61. The van der Waals surface area contributed by atoms with Crippen molar-refractivity contribution in [1.29, 1.82) is 0 Å². The van der Waals surface area contributed by atoms with Gasteiger partial charge in [-0.05, 0) is 78.8 Å². The van der Waals surface area contributed by atoms with E-state index in [1.165, 1.54) is 0 Å². The third-order valence-electron chi connectivity index (χ3n) is 8.52. The molecule has 0 aromatic carbocycles. The van der Waals surface area contributed by atoms with E-state index in [1.54, 1.807) is 6.08 Å². The first-order valence-corrected chi connectivity index (χ1v) is 9.88. The zero-order valence-electron chi connectivity index (χ0n) is 15.3. The van der Waals surface area contributed by atoms with Gasteiger partial charge in [0.25, 0.3) is 0 Å². The molecule has 3 saturated carbocycles. The highest BCUT2D eigenvalue weighted by molar-refractivity contribution is 5.92. The van der Waals surface area contributed by atoms with Crippen LogP contribution in [-0.2, 0) is 9.59 Å². The average molecular weight is 346 g/mol. The lowest BCUT2D eigenvalue weighted by Gasteiger charge is -2.59. The summed E-state index contributed by atoms with van der Waals surface area (Å²) in [5.74, 6) is 1.47. The van der Waals surface area contributed by atoms with E-state index in [2.05, 4.69) is 13.8 Å². The maximum atomic E-state index is 12.3. The molecule has 0 radical (unpaired) electrons. The first-order chi connectivity index (χ1) is 11.8. The van der Waals surface area contributed by atoms with Crippen molar-refractivity contribution in [2.24, 2.45) is 34.5 Å². The van der Waals surface area contributed by atoms with Crippen molar-refractivity contribution in [1.82, 2.24) is 0 Å². The monoisotopic (exact) mass is 346 g/mol. The molecule has 0 heterocycles. The minimum atomic E-state index is -0.523. The number of aliphatic hydroxyl groups is 2. The van der Waals surface area contributed by atoms with E-state index in [4.69, 9.17) is 0 Å². The van der Waals surface area contributed by atoms with Crippen LogP contribution in [-0.4, -0.2) is 34.5 Å². The van der Waals surface area contributed by atoms with Crippen molar-refractivity contribution >= 4 is 11.6 Å². The van der Waals surface area contributed by atoms with Gasteiger partial charge in [0, 0.05) is 12.3 Å². The smallest absolute Gasteiger partial charge is 0.161 e. The van der Waals surface area contributed by atoms with Crippen molar-refractivity contribution in [3.05, 3.63) is 11.6 Å². The summed E-state index contributed by atoms with van der Waals surface area (Å²) in [6.45, 7) is 4.14. The van der Waals surface area contributed by atoms with Gasteiger partial charge in [-0.2, -0.15) is 0 Å². The van der Waals surface area contributed by atoms with Crippen LogP contribution < -0.4 is 0 Å². The normalized spacial score (nSPS) is 49.0. The van der Waals surface area contributed by atoms with E-state index < -0.39 is 6.10 Å². The number of hydrogen-bond donors (Lipinski definition) is 2.